The van der Waals surface area contributed by atoms with E-state index >= 15 is 0 Å². The summed E-state index contributed by atoms with van der Waals surface area (Å²) in [7, 11) is 0. The molecule has 1 N–H and O–H groups in total. The van der Waals surface area contributed by atoms with Gasteiger partial charge in [0.25, 0.3) is 0 Å². The molecular weight excluding hydrogens is 284 g/mol. The van der Waals surface area contributed by atoms with Crippen LogP contribution in [-0.2, 0) is 6.61 Å². The number of hydrogen-bond donors (Lipinski definition) is 1. The van der Waals surface area contributed by atoms with E-state index in [4.69, 9.17) is 16.3 Å². The first-order valence-electron chi connectivity index (χ1n) is 7.16. The highest BCUT2D eigenvalue weighted by molar-refractivity contribution is 6.32. The summed E-state index contributed by atoms with van der Waals surface area (Å²) in [6.45, 7) is 6.54. The molecule has 2 nitrogen and oxygen atoms in total. The van der Waals surface area contributed by atoms with E-state index in [9.17, 15) is 5.11 Å². The van der Waals surface area contributed by atoms with Crippen LogP contribution in [0.3, 0.4) is 0 Å². The monoisotopic (exact) mass is 304 g/mol. The van der Waals surface area contributed by atoms with E-state index in [2.05, 4.69) is 38.1 Å². The lowest BCUT2D eigenvalue weighted by Gasteiger charge is -2.11. The quantitative estimate of drug-likeness (QED) is 0.833. The minimum Gasteiger partial charge on any atom is -0.487 e. The number of benzene rings is 2. The summed E-state index contributed by atoms with van der Waals surface area (Å²) < 4.78 is 5.74. The van der Waals surface area contributed by atoms with E-state index in [0.29, 0.717) is 23.3 Å². The second kappa shape index (κ2) is 6.97. The Bertz CT molecular complexity index is 589. The molecular formula is C18H21ClO2. The first-order chi connectivity index (χ1) is 9.97. The molecule has 1 atom stereocenters. The first kappa shape index (κ1) is 15.9. The standard InChI is InChI=1S/C18H21ClO2/c1-12(2)15-6-4-14(5-7-15)11-21-18-9-8-16(13(3)20)10-17(18)19/h4-10,12-13,20H,11H2,1-3H3/t13-/m1/s1. The topological polar surface area (TPSA) is 29.5 Å². The molecule has 0 bridgehead atoms. The Hall–Kier alpha value is -1.51. The molecule has 0 amide bonds. The second-order valence-corrected chi connectivity index (χ2v) is 5.96. The third-order valence-electron chi connectivity index (χ3n) is 3.48. The SMILES string of the molecule is CC(C)c1ccc(COc2ccc([C@@H](C)O)cc2Cl)cc1. The van der Waals surface area contributed by atoms with Crippen molar-refractivity contribution in [3.63, 3.8) is 0 Å². The molecule has 2 aromatic rings. The van der Waals surface area contributed by atoms with Crippen molar-refractivity contribution in [3.8, 4) is 5.75 Å². The average molecular weight is 305 g/mol. The molecule has 0 saturated carbocycles. The Labute approximate surface area is 131 Å². The van der Waals surface area contributed by atoms with Gasteiger partial charge in [-0.05, 0) is 41.7 Å². The van der Waals surface area contributed by atoms with Crippen molar-refractivity contribution in [1.82, 2.24) is 0 Å². The molecule has 0 heterocycles. The van der Waals surface area contributed by atoms with Crippen LogP contribution in [0.2, 0.25) is 5.02 Å². The number of aliphatic hydroxyl groups is 1. The van der Waals surface area contributed by atoms with Gasteiger partial charge in [-0.3, -0.25) is 0 Å². The Morgan fingerprint density at radius 3 is 2.14 bits per heavy atom. The van der Waals surface area contributed by atoms with E-state index in [0.717, 1.165) is 11.1 Å². The van der Waals surface area contributed by atoms with Crippen LogP contribution in [0.1, 0.15) is 49.5 Å². The molecule has 0 fully saturated rings. The van der Waals surface area contributed by atoms with Gasteiger partial charge in [-0.1, -0.05) is 55.8 Å². The van der Waals surface area contributed by atoms with E-state index in [1.54, 1.807) is 19.1 Å². The molecule has 2 rings (SSSR count). The summed E-state index contributed by atoms with van der Waals surface area (Å²) >= 11 is 6.17. The fraction of sp³-hybridized carbons (Fsp3) is 0.333. The van der Waals surface area contributed by atoms with Gasteiger partial charge < -0.3 is 9.84 Å². The number of aliphatic hydroxyl groups excluding tert-OH is 1. The number of hydrogen-bond acceptors (Lipinski definition) is 2. The third-order valence-corrected chi connectivity index (χ3v) is 3.77. The zero-order valence-corrected chi connectivity index (χ0v) is 13.4. The van der Waals surface area contributed by atoms with E-state index in [-0.39, 0.29) is 0 Å². The highest BCUT2D eigenvalue weighted by Gasteiger charge is 2.07. The molecule has 0 aliphatic heterocycles. The zero-order chi connectivity index (χ0) is 15.4. The highest BCUT2D eigenvalue weighted by atomic mass is 35.5. The molecule has 3 heteroatoms. The molecule has 0 aliphatic carbocycles. The summed E-state index contributed by atoms with van der Waals surface area (Å²) in [4.78, 5) is 0. The van der Waals surface area contributed by atoms with Gasteiger partial charge in [0, 0.05) is 0 Å². The Balaban J connectivity index is 2.02. The van der Waals surface area contributed by atoms with Crippen LogP contribution >= 0.6 is 11.6 Å². The van der Waals surface area contributed by atoms with E-state index in [1.165, 1.54) is 5.56 Å². The maximum Gasteiger partial charge on any atom is 0.138 e. The molecule has 0 spiro atoms. The van der Waals surface area contributed by atoms with Crippen LogP contribution in [0.15, 0.2) is 42.5 Å². The zero-order valence-electron chi connectivity index (χ0n) is 12.6. The summed E-state index contributed by atoms with van der Waals surface area (Å²) in [5.41, 5.74) is 3.21. The molecule has 0 radical (unpaired) electrons. The fourth-order valence-corrected chi connectivity index (χ4v) is 2.30. The first-order valence-corrected chi connectivity index (χ1v) is 7.54. The molecule has 0 unspecified atom stereocenters. The van der Waals surface area contributed by atoms with Crippen LogP contribution in [0, 0.1) is 0 Å². The molecule has 2 aromatic carbocycles. The van der Waals surface area contributed by atoms with E-state index in [1.807, 2.05) is 6.07 Å². The molecule has 21 heavy (non-hydrogen) atoms. The predicted molar refractivity (Wildman–Crippen MR) is 86.9 cm³/mol. The van der Waals surface area contributed by atoms with Crippen molar-refractivity contribution in [2.75, 3.05) is 0 Å². The van der Waals surface area contributed by atoms with Gasteiger partial charge in [0.15, 0.2) is 0 Å². The Morgan fingerprint density at radius 2 is 1.62 bits per heavy atom. The summed E-state index contributed by atoms with van der Waals surface area (Å²) in [5.74, 6) is 1.16. The maximum absolute atomic E-state index is 9.52. The van der Waals surface area contributed by atoms with Crippen LogP contribution < -0.4 is 4.74 Å². The van der Waals surface area contributed by atoms with Crippen molar-refractivity contribution in [3.05, 3.63) is 64.2 Å². The Morgan fingerprint density at radius 1 is 1.00 bits per heavy atom. The minimum atomic E-state index is -0.528. The lowest BCUT2D eigenvalue weighted by Crippen LogP contribution is -1.98. The van der Waals surface area contributed by atoms with E-state index < -0.39 is 6.10 Å². The van der Waals surface area contributed by atoms with Gasteiger partial charge in [-0.15, -0.1) is 0 Å². The molecule has 112 valence electrons. The number of rotatable bonds is 5. The molecule has 0 saturated heterocycles. The lowest BCUT2D eigenvalue weighted by molar-refractivity contribution is 0.199. The van der Waals surface area contributed by atoms with Gasteiger partial charge in [0.2, 0.25) is 0 Å². The normalized spacial score (nSPS) is 12.5. The van der Waals surface area contributed by atoms with Crippen molar-refractivity contribution in [2.45, 2.75) is 39.4 Å². The van der Waals surface area contributed by atoms with Gasteiger partial charge in [0.05, 0.1) is 11.1 Å². The minimum absolute atomic E-state index is 0.478. The van der Waals surface area contributed by atoms with Crippen molar-refractivity contribution in [2.24, 2.45) is 0 Å². The van der Waals surface area contributed by atoms with Crippen molar-refractivity contribution >= 4 is 11.6 Å². The largest absolute Gasteiger partial charge is 0.487 e. The summed E-state index contributed by atoms with van der Waals surface area (Å²) in [6.07, 6.45) is -0.528. The van der Waals surface area contributed by atoms with Crippen LogP contribution in [0.4, 0.5) is 0 Å². The number of halogens is 1. The van der Waals surface area contributed by atoms with Gasteiger partial charge in [-0.25, -0.2) is 0 Å². The summed E-state index contributed by atoms with van der Waals surface area (Å²) in [5, 5.41) is 10.0. The predicted octanol–water partition coefficient (Wildman–Crippen LogP) is 5.10. The average Bonchev–Trinajstić information content (AvgIpc) is 2.46. The van der Waals surface area contributed by atoms with Gasteiger partial charge in [-0.2, -0.15) is 0 Å². The lowest BCUT2D eigenvalue weighted by atomic mass is 10.0. The summed E-state index contributed by atoms with van der Waals surface area (Å²) in [6, 6.07) is 13.8. The maximum atomic E-state index is 9.52. The fourth-order valence-electron chi connectivity index (χ4n) is 2.05. The van der Waals surface area contributed by atoms with Crippen molar-refractivity contribution in [1.29, 1.82) is 0 Å². The van der Waals surface area contributed by atoms with Crippen LogP contribution in [-0.4, -0.2) is 5.11 Å². The van der Waals surface area contributed by atoms with Gasteiger partial charge >= 0.3 is 0 Å². The van der Waals surface area contributed by atoms with Crippen LogP contribution in [0.25, 0.3) is 0 Å². The molecule has 0 aliphatic rings. The van der Waals surface area contributed by atoms with Crippen LogP contribution in [0.5, 0.6) is 5.75 Å². The smallest absolute Gasteiger partial charge is 0.138 e. The van der Waals surface area contributed by atoms with Crippen molar-refractivity contribution < 1.29 is 9.84 Å². The number of ether oxygens (including phenoxy) is 1. The Kier molecular flexibility index (Phi) is 5.27. The third kappa shape index (κ3) is 4.23. The second-order valence-electron chi connectivity index (χ2n) is 5.55. The molecule has 0 aromatic heterocycles. The highest BCUT2D eigenvalue weighted by Crippen LogP contribution is 2.28. The van der Waals surface area contributed by atoms with Gasteiger partial charge in [0.1, 0.15) is 12.4 Å².